The quantitative estimate of drug-likeness (QED) is 0.573. The van der Waals surface area contributed by atoms with E-state index < -0.39 is 5.60 Å². The Morgan fingerprint density at radius 3 is 2.36 bits per heavy atom. The van der Waals surface area contributed by atoms with Gasteiger partial charge in [-0.25, -0.2) is 0 Å². The maximum Gasteiger partial charge on any atom is 0.0766 e. The van der Waals surface area contributed by atoms with E-state index in [1.54, 1.807) is 0 Å². The molecule has 1 unspecified atom stereocenters. The fourth-order valence-corrected chi connectivity index (χ4v) is 1.60. The molecule has 0 bridgehead atoms. The normalized spacial score (nSPS) is 19.7. The molecule has 1 fully saturated rings. The summed E-state index contributed by atoms with van der Waals surface area (Å²) < 4.78 is 0. The van der Waals surface area contributed by atoms with Gasteiger partial charge in [0.1, 0.15) is 0 Å². The van der Waals surface area contributed by atoms with E-state index in [1.165, 1.54) is 0 Å². The van der Waals surface area contributed by atoms with Gasteiger partial charge in [-0.05, 0) is 31.6 Å². The van der Waals surface area contributed by atoms with Crippen molar-refractivity contribution >= 4 is 0 Å². The molecule has 3 N–H and O–H groups in total. The van der Waals surface area contributed by atoms with Crippen LogP contribution in [-0.4, -0.2) is 35.0 Å². The number of aliphatic hydroxyl groups excluding tert-OH is 1. The van der Waals surface area contributed by atoms with Crippen molar-refractivity contribution in [2.45, 2.75) is 51.2 Å². The van der Waals surface area contributed by atoms with E-state index in [0.29, 0.717) is 19.0 Å². The van der Waals surface area contributed by atoms with Gasteiger partial charge in [-0.2, -0.15) is 0 Å². The Bertz CT molecular complexity index is 165. The number of rotatable bonds is 7. The van der Waals surface area contributed by atoms with E-state index in [4.69, 9.17) is 0 Å². The predicted molar refractivity (Wildman–Crippen MR) is 57.1 cm³/mol. The van der Waals surface area contributed by atoms with Gasteiger partial charge >= 0.3 is 0 Å². The molecule has 1 aliphatic rings. The first-order valence-electron chi connectivity index (χ1n) is 5.72. The second-order valence-electron chi connectivity index (χ2n) is 4.47. The standard InChI is InChI=1S/C11H23NO2/c1-3-11(14,4-2)8-12-7-10(13)9-5-6-9/h9-10,12-14H,3-8H2,1-2H3. The van der Waals surface area contributed by atoms with Crippen molar-refractivity contribution in [3.63, 3.8) is 0 Å². The van der Waals surface area contributed by atoms with Crippen LogP contribution in [0, 0.1) is 5.92 Å². The Kier molecular flexibility index (Phi) is 4.35. The van der Waals surface area contributed by atoms with Crippen molar-refractivity contribution in [2.75, 3.05) is 13.1 Å². The molecule has 1 atom stereocenters. The highest BCUT2D eigenvalue weighted by molar-refractivity contribution is 4.84. The molecule has 0 radical (unpaired) electrons. The molecule has 14 heavy (non-hydrogen) atoms. The molecule has 3 nitrogen and oxygen atoms in total. The van der Waals surface area contributed by atoms with Gasteiger partial charge in [0.15, 0.2) is 0 Å². The van der Waals surface area contributed by atoms with Crippen LogP contribution in [0.1, 0.15) is 39.5 Å². The Morgan fingerprint density at radius 2 is 1.93 bits per heavy atom. The average Bonchev–Trinajstić information content (AvgIpc) is 3.00. The van der Waals surface area contributed by atoms with Crippen molar-refractivity contribution in [3.05, 3.63) is 0 Å². The molecule has 0 aliphatic heterocycles. The van der Waals surface area contributed by atoms with Gasteiger partial charge in [-0.1, -0.05) is 13.8 Å². The lowest BCUT2D eigenvalue weighted by Crippen LogP contribution is -2.42. The lowest BCUT2D eigenvalue weighted by Gasteiger charge is -2.26. The van der Waals surface area contributed by atoms with Crippen molar-refractivity contribution in [1.82, 2.24) is 5.32 Å². The Balaban J connectivity index is 2.12. The van der Waals surface area contributed by atoms with Gasteiger partial charge in [0.25, 0.3) is 0 Å². The predicted octanol–water partition coefficient (Wildman–Crippen LogP) is 0.898. The first-order chi connectivity index (χ1) is 6.61. The number of hydrogen-bond donors (Lipinski definition) is 3. The molecule has 0 amide bonds. The third-order valence-electron chi connectivity index (χ3n) is 3.29. The third-order valence-corrected chi connectivity index (χ3v) is 3.29. The van der Waals surface area contributed by atoms with E-state index in [0.717, 1.165) is 25.7 Å². The molecular weight excluding hydrogens is 178 g/mol. The maximum absolute atomic E-state index is 9.95. The Labute approximate surface area is 86.5 Å². The summed E-state index contributed by atoms with van der Waals surface area (Å²) >= 11 is 0. The monoisotopic (exact) mass is 201 g/mol. The maximum atomic E-state index is 9.95. The average molecular weight is 201 g/mol. The van der Waals surface area contributed by atoms with E-state index in [2.05, 4.69) is 5.32 Å². The van der Waals surface area contributed by atoms with Crippen LogP contribution in [0.15, 0.2) is 0 Å². The molecule has 1 saturated carbocycles. The van der Waals surface area contributed by atoms with Gasteiger partial charge in [0.05, 0.1) is 11.7 Å². The summed E-state index contributed by atoms with van der Waals surface area (Å²) in [4.78, 5) is 0. The summed E-state index contributed by atoms with van der Waals surface area (Å²) in [6.07, 6.45) is 3.63. The fraction of sp³-hybridized carbons (Fsp3) is 1.00. The van der Waals surface area contributed by atoms with Gasteiger partial charge in [-0.15, -0.1) is 0 Å². The van der Waals surface area contributed by atoms with E-state index in [1.807, 2.05) is 13.8 Å². The van der Waals surface area contributed by atoms with E-state index in [9.17, 15) is 10.2 Å². The molecule has 0 aromatic rings. The highest BCUT2D eigenvalue weighted by atomic mass is 16.3. The van der Waals surface area contributed by atoms with Gasteiger partial charge in [-0.3, -0.25) is 0 Å². The summed E-state index contributed by atoms with van der Waals surface area (Å²) in [5, 5.41) is 22.7. The van der Waals surface area contributed by atoms with Crippen LogP contribution < -0.4 is 5.32 Å². The zero-order chi connectivity index (χ0) is 10.6. The van der Waals surface area contributed by atoms with E-state index in [-0.39, 0.29) is 6.10 Å². The van der Waals surface area contributed by atoms with Crippen LogP contribution in [0.2, 0.25) is 0 Å². The van der Waals surface area contributed by atoms with Crippen molar-refractivity contribution < 1.29 is 10.2 Å². The second-order valence-corrected chi connectivity index (χ2v) is 4.47. The molecule has 0 heterocycles. The molecule has 0 aromatic heterocycles. The smallest absolute Gasteiger partial charge is 0.0766 e. The zero-order valence-electron chi connectivity index (χ0n) is 9.29. The van der Waals surface area contributed by atoms with E-state index >= 15 is 0 Å². The van der Waals surface area contributed by atoms with Crippen LogP contribution >= 0.6 is 0 Å². The van der Waals surface area contributed by atoms with Crippen LogP contribution in [0.5, 0.6) is 0 Å². The summed E-state index contributed by atoms with van der Waals surface area (Å²) in [6, 6.07) is 0. The molecule has 84 valence electrons. The largest absolute Gasteiger partial charge is 0.392 e. The summed E-state index contributed by atoms with van der Waals surface area (Å²) in [6.45, 7) is 5.18. The number of nitrogens with one attached hydrogen (secondary N) is 1. The molecule has 0 spiro atoms. The lowest BCUT2D eigenvalue weighted by molar-refractivity contribution is 0.0285. The first kappa shape index (κ1) is 12.0. The molecule has 0 aromatic carbocycles. The summed E-state index contributed by atoms with van der Waals surface area (Å²) in [7, 11) is 0. The highest BCUT2D eigenvalue weighted by Gasteiger charge is 2.30. The Hall–Kier alpha value is -0.120. The van der Waals surface area contributed by atoms with Crippen LogP contribution in [0.4, 0.5) is 0 Å². The molecule has 1 rings (SSSR count). The molecule has 1 aliphatic carbocycles. The number of aliphatic hydroxyl groups is 2. The first-order valence-corrected chi connectivity index (χ1v) is 5.72. The van der Waals surface area contributed by atoms with Crippen molar-refractivity contribution in [3.8, 4) is 0 Å². The van der Waals surface area contributed by atoms with Gasteiger partial charge < -0.3 is 15.5 Å². The molecular formula is C11H23NO2. The van der Waals surface area contributed by atoms with Crippen molar-refractivity contribution in [2.24, 2.45) is 5.92 Å². The Morgan fingerprint density at radius 1 is 1.36 bits per heavy atom. The third kappa shape index (κ3) is 3.56. The summed E-state index contributed by atoms with van der Waals surface area (Å²) in [5.41, 5.74) is -0.594. The highest BCUT2D eigenvalue weighted by Crippen LogP contribution is 2.32. The topological polar surface area (TPSA) is 52.5 Å². The van der Waals surface area contributed by atoms with Crippen LogP contribution in [0.25, 0.3) is 0 Å². The minimum Gasteiger partial charge on any atom is -0.392 e. The van der Waals surface area contributed by atoms with Crippen LogP contribution in [0.3, 0.4) is 0 Å². The lowest BCUT2D eigenvalue weighted by atomic mass is 9.97. The van der Waals surface area contributed by atoms with Crippen molar-refractivity contribution in [1.29, 1.82) is 0 Å². The number of hydrogen-bond acceptors (Lipinski definition) is 3. The minimum absolute atomic E-state index is 0.215. The minimum atomic E-state index is -0.594. The SMILES string of the molecule is CCC(O)(CC)CNCC(O)C1CC1. The summed E-state index contributed by atoms with van der Waals surface area (Å²) in [5.74, 6) is 0.513. The molecule has 3 heteroatoms. The zero-order valence-corrected chi connectivity index (χ0v) is 9.29. The van der Waals surface area contributed by atoms with Crippen LogP contribution in [-0.2, 0) is 0 Å². The fourth-order valence-electron chi connectivity index (χ4n) is 1.60. The molecule has 0 saturated heterocycles. The second kappa shape index (κ2) is 5.10. The van der Waals surface area contributed by atoms with Gasteiger partial charge in [0.2, 0.25) is 0 Å². The van der Waals surface area contributed by atoms with Gasteiger partial charge in [0, 0.05) is 13.1 Å².